The van der Waals surface area contributed by atoms with Gasteiger partial charge in [0.05, 0.1) is 6.54 Å². The van der Waals surface area contributed by atoms with Crippen LogP contribution in [0.5, 0.6) is 0 Å². The second kappa shape index (κ2) is 8.11. The summed E-state index contributed by atoms with van der Waals surface area (Å²) in [6.45, 7) is 7.60. The summed E-state index contributed by atoms with van der Waals surface area (Å²) in [6, 6.07) is 8.39. The molecule has 0 aliphatic carbocycles. The van der Waals surface area contributed by atoms with Crippen molar-refractivity contribution in [1.29, 1.82) is 0 Å². The summed E-state index contributed by atoms with van der Waals surface area (Å²) in [5.74, 6) is 0.181. The number of nitrogens with one attached hydrogen (secondary N) is 2. The van der Waals surface area contributed by atoms with Crippen LogP contribution >= 0.6 is 0 Å². The SMILES string of the molecule is CCCc1ccc([C@H](NCC(=O)N2CCNC2=O)C(C)C)cc1. The van der Waals surface area contributed by atoms with Crippen LogP contribution in [-0.2, 0) is 11.2 Å². The summed E-state index contributed by atoms with van der Waals surface area (Å²) in [6.07, 6.45) is 2.22. The fourth-order valence-electron chi connectivity index (χ4n) is 2.92. The van der Waals surface area contributed by atoms with Gasteiger partial charge in [0, 0.05) is 19.1 Å². The van der Waals surface area contributed by atoms with Crippen LogP contribution in [0.2, 0.25) is 0 Å². The van der Waals surface area contributed by atoms with Crippen LogP contribution in [0.25, 0.3) is 0 Å². The van der Waals surface area contributed by atoms with E-state index in [0.29, 0.717) is 19.0 Å². The lowest BCUT2D eigenvalue weighted by Gasteiger charge is -2.24. The molecule has 0 aromatic heterocycles. The molecule has 3 amide bonds. The van der Waals surface area contributed by atoms with E-state index in [1.54, 1.807) is 0 Å². The first-order valence-electron chi connectivity index (χ1n) is 8.43. The molecular weight excluding hydrogens is 290 g/mol. The number of aryl methyl sites for hydroxylation is 1. The maximum atomic E-state index is 12.2. The Balaban J connectivity index is 1.98. The lowest BCUT2D eigenvalue weighted by molar-refractivity contribution is -0.126. The van der Waals surface area contributed by atoms with Crippen LogP contribution < -0.4 is 10.6 Å². The molecule has 0 unspecified atom stereocenters. The molecule has 5 nitrogen and oxygen atoms in total. The molecule has 1 saturated heterocycles. The van der Waals surface area contributed by atoms with Crippen molar-refractivity contribution < 1.29 is 9.59 Å². The molecule has 2 N–H and O–H groups in total. The van der Waals surface area contributed by atoms with Crippen LogP contribution in [0.4, 0.5) is 4.79 Å². The number of benzene rings is 1. The minimum absolute atomic E-state index is 0.0975. The van der Waals surface area contributed by atoms with Crippen molar-refractivity contribution in [3.8, 4) is 0 Å². The number of carbonyl (C=O) groups excluding carboxylic acids is 2. The molecule has 5 heteroatoms. The zero-order valence-electron chi connectivity index (χ0n) is 14.3. The van der Waals surface area contributed by atoms with Crippen molar-refractivity contribution in [2.24, 2.45) is 5.92 Å². The smallest absolute Gasteiger partial charge is 0.324 e. The Bertz CT molecular complexity index is 540. The van der Waals surface area contributed by atoms with Gasteiger partial charge in [-0.15, -0.1) is 0 Å². The van der Waals surface area contributed by atoms with Gasteiger partial charge in [-0.1, -0.05) is 51.5 Å². The number of hydrogen-bond donors (Lipinski definition) is 2. The van der Waals surface area contributed by atoms with Crippen molar-refractivity contribution in [1.82, 2.24) is 15.5 Å². The van der Waals surface area contributed by atoms with Gasteiger partial charge in [-0.05, 0) is 23.5 Å². The van der Waals surface area contributed by atoms with E-state index in [1.807, 2.05) is 0 Å². The molecule has 1 fully saturated rings. The number of rotatable bonds is 7. The largest absolute Gasteiger partial charge is 0.336 e. The average Bonchev–Trinajstić information content (AvgIpc) is 2.95. The van der Waals surface area contributed by atoms with Crippen molar-refractivity contribution >= 4 is 11.9 Å². The number of hydrogen-bond acceptors (Lipinski definition) is 3. The first-order chi connectivity index (χ1) is 11.0. The van der Waals surface area contributed by atoms with Crippen LogP contribution in [0.15, 0.2) is 24.3 Å². The molecule has 1 aliphatic heterocycles. The first kappa shape index (κ1) is 17.5. The molecule has 1 aromatic carbocycles. The summed E-state index contributed by atoms with van der Waals surface area (Å²) in [5.41, 5.74) is 2.52. The predicted molar refractivity (Wildman–Crippen MR) is 91.1 cm³/mol. The zero-order valence-corrected chi connectivity index (χ0v) is 14.3. The van der Waals surface area contributed by atoms with Gasteiger partial charge in [0.1, 0.15) is 0 Å². The summed E-state index contributed by atoms with van der Waals surface area (Å²) in [4.78, 5) is 25.0. The van der Waals surface area contributed by atoms with Gasteiger partial charge in [0.15, 0.2) is 0 Å². The van der Waals surface area contributed by atoms with Crippen molar-refractivity contribution in [3.05, 3.63) is 35.4 Å². The molecule has 1 atom stereocenters. The minimum Gasteiger partial charge on any atom is -0.336 e. The number of imide groups is 1. The third-order valence-electron chi connectivity index (χ3n) is 4.18. The van der Waals surface area contributed by atoms with Crippen LogP contribution in [0.1, 0.15) is 44.4 Å². The Morgan fingerprint density at radius 2 is 2.00 bits per heavy atom. The summed E-state index contributed by atoms with van der Waals surface area (Å²) in [5, 5.41) is 5.96. The highest BCUT2D eigenvalue weighted by Crippen LogP contribution is 2.22. The van der Waals surface area contributed by atoms with Crippen molar-refractivity contribution in [2.75, 3.05) is 19.6 Å². The second-order valence-electron chi connectivity index (χ2n) is 6.37. The number of urea groups is 1. The summed E-state index contributed by atoms with van der Waals surface area (Å²) < 4.78 is 0. The minimum atomic E-state index is -0.290. The molecule has 1 aromatic rings. The molecule has 1 aliphatic rings. The third kappa shape index (κ3) is 4.55. The monoisotopic (exact) mass is 317 g/mol. The normalized spacial score (nSPS) is 15.8. The standard InChI is InChI=1S/C18H27N3O2/c1-4-5-14-6-8-15(9-7-14)17(13(2)3)20-12-16(22)21-11-10-19-18(21)23/h6-9,13,17,20H,4-5,10-12H2,1-3H3,(H,19,23)/t17-/m1/s1. The molecule has 0 bridgehead atoms. The van der Waals surface area contributed by atoms with Gasteiger partial charge >= 0.3 is 6.03 Å². The summed E-state index contributed by atoms with van der Waals surface area (Å²) in [7, 11) is 0. The van der Waals surface area contributed by atoms with E-state index in [0.717, 1.165) is 12.8 Å². The quantitative estimate of drug-likeness (QED) is 0.812. The van der Waals surface area contributed by atoms with Crippen LogP contribution in [0.3, 0.4) is 0 Å². The number of amides is 3. The molecule has 126 valence electrons. The maximum Gasteiger partial charge on any atom is 0.324 e. The van der Waals surface area contributed by atoms with E-state index in [4.69, 9.17) is 0 Å². The van der Waals surface area contributed by atoms with Crippen LogP contribution in [-0.4, -0.2) is 36.5 Å². The van der Waals surface area contributed by atoms with Gasteiger partial charge in [0.2, 0.25) is 5.91 Å². The number of carbonyl (C=O) groups is 2. The van der Waals surface area contributed by atoms with E-state index in [2.05, 4.69) is 55.7 Å². The van der Waals surface area contributed by atoms with E-state index >= 15 is 0 Å². The number of nitrogens with zero attached hydrogens (tertiary/aromatic N) is 1. The van der Waals surface area contributed by atoms with Gasteiger partial charge in [-0.3, -0.25) is 9.69 Å². The lowest BCUT2D eigenvalue weighted by Crippen LogP contribution is -2.41. The third-order valence-corrected chi connectivity index (χ3v) is 4.18. The highest BCUT2D eigenvalue weighted by atomic mass is 16.2. The molecule has 2 rings (SSSR count). The van der Waals surface area contributed by atoms with Gasteiger partial charge in [-0.25, -0.2) is 4.79 Å². The summed E-state index contributed by atoms with van der Waals surface area (Å²) >= 11 is 0. The maximum absolute atomic E-state index is 12.2. The molecular formula is C18H27N3O2. The Kier molecular flexibility index (Phi) is 6.16. The van der Waals surface area contributed by atoms with Gasteiger partial charge < -0.3 is 10.6 Å². The fraction of sp³-hybridized carbons (Fsp3) is 0.556. The molecule has 0 radical (unpaired) electrons. The molecule has 0 saturated carbocycles. The second-order valence-corrected chi connectivity index (χ2v) is 6.37. The predicted octanol–water partition coefficient (Wildman–Crippen LogP) is 2.48. The molecule has 23 heavy (non-hydrogen) atoms. The van der Waals surface area contributed by atoms with Crippen molar-refractivity contribution in [3.63, 3.8) is 0 Å². The first-order valence-corrected chi connectivity index (χ1v) is 8.43. The van der Waals surface area contributed by atoms with Crippen LogP contribution in [0, 0.1) is 5.92 Å². The van der Waals surface area contributed by atoms with E-state index in [-0.39, 0.29) is 24.5 Å². The van der Waals surface area contributed by atoms with E-state index in [1.165, 1.54) is 16.0 Å². The Hall–Kier alpha value is -1.88. The fourth-order valence-corrected chi connectivity index (χ4v) is 2.92. The van der Waals surface area contributed by atoms with Crippen molar-refractivity contribution in [2.45, 2.75) is 39.7 Å². The highest BCUT2D eigenvalue weighted by Gasteiger charge is 2.26. The van der Waals surface area contributed by atoms with Gasteiger partial charge in [-0.2, -0.15) is 0 Å². The van der Waals surface area contributed by atoms with Gasteiger partial charge in [0.25, 0.3) is 0 Å². The molecule has 0 spiro atoms. The lowest BCUT2D eigenvalue weighted by atomic mass is 9.94. The molecule has 1 heterocycles. The Labute approximate surface area is 138 Å². The Morgan fingerprint density at radius 3 is 2.52 bits per heavy atom. The topological polar surface area (TPSA) is 61.4 Å². The van der Waals surface area contributed by atoms with E-state index in [9.17, 15) is 9.59 Å². The Morgan fingerprint density at radius 1 is 1.30 bits per heavy atom. The van der Waals surface area contributed by atoms with E-state index < -0.39 is 0 Å². The average molecular weight is 317 g/mol. The highest BCUT2D eigenvalue weighted by molar-refractivity contribution is 5.96. The zero-order chi connectivity index (χ0) is 16.8.